The summed E-state index contributed by atoms with van der Waals surface area (Å²) in [5, 5.41) is 4.07. The first kappa shape index (κ1) is 13.0. The van der Waals surface area contributed by atoms with E-state index in [-0.39, 0.29) is 18.0 Å². The predicted octanol–water partition coefficient (Wildman–Crippen LogP) is 0.782. The van der Waals surface area contributed by atoms with Gasteiger partial charge in [-0.1, -0.05) is 0 Å². The lowest BCUT2D eigenvalue weighted by Crippen LogP contribution is -2.25. The molecule has 0 aliphatic rings. The van der Waals surface area contributed by atoms with Crippen molar-refractivity contribution in [2.75, 3.05) is 7.11 Å². The third kappa shape index (κ3) is 2.40. The number of ether oxygens (including phenoxy) is 1. The molecule has 0 aliphatic carbocycles. The second-order valence-electron chi connectivity index (χ2n) is 4.40. The molecule has 0 atom stereocenters. The number of aromatic nitrogens is 4. The standard InChI is InChI=1S/C14H12N4O3/c1-21-11-4-2-10(3-5-11)12(19)9-18-14(20)17-7-6-15-8-13(17)16-18/h2-8H,9H2,1H3. The van der Waals surface area contributed by atoms with E-state index in [1.54, 1.807) is 31.4 Å². The first-order chi connectivity index (χ1) is 10.2. The smallest absolute Gasteiger partial charge is 0.350 e. The molecule has 2 aromatic heterocycles. The summed E-state index contributed by atoms with van der Waals surface area (Å²) in [5.74, 6) is 0.471. The second kappa shape index (κ2) is 5.20. The Morgan fingerprint density at radius 2 is 2.05 bits per heavy atom. The fourth-order valence-electron chi connectivity index (χ4n) is 1.99. The number of methoxy groups -OCH3 is 1. The summed E-state index contributed by atoms with van der Waals surface area (Å²) in [4.78, 5) is 28.1. The number of carbonyl (C=O) groups excluding carboxylic acids is 1. The Morgan fingerprint density at radius 1 is 1.29 bits per heavy atom. The van der Waals surface area contributed by atoms with Gasteiger partial charge >= 0.3 is 5.69 Å². The molecule has 3 aromatic rings. The van der Waals surface area contributed by atoms with Gasteiger partial charge in [0.05, 0.1) is 13.3 Å². The van der Waals surface area contributed by atoms with Crippen molar-refractivity contribution in [1.82, 2.24) is 19.2 Å². The Morgan fingerprint density at radius 3 is 2.71 bits per heavy atom. The van der Waals surface area contributed by atoms with Crippen LogP contribution < -0.4 is 10.4 Å². The SMILES string of the molecule is COc1ccc(C(=O)Cn2nc3cnccn3c2=O)cc1. The Bertz CT molecular complexity index is 849. The number of nitrogens with zero attached hydrogens (tertiary/aromatic N) is 4. The number of ketones is 1. The average molecular weight is 284 g/mol. The summed E-state index contributed by atoms with van der Waals surface area (Å²) in [5.41, 5.74) is 0.539. The van der Waals surface area contributed by atoms with E-state index in [0.717, 1.165) is 4.68 Å². The maximum absolute atomic E-state index is 12.2. The molecule has 7 heteroatoms. The van der Waals surface area contributed by atoms with Crippen LogP contribution in [-0.2, 0) is 6.54 Å². The normalized spacial score (nSPS) is 10.7. The van der Waals surface area contributed by atoms with Crippen molar-refractivity contribution in [1.29, 1.82) is 0 Å². The second-order valence-corrected chi connectivity index (χ2v) is 4.40. The van der Waals surface area contributed by atoms with Gasteiger partial charge in [0.1, 0.15) is 12.3 Å². The molecule has 1 aromatic carbocycles. The molecule has 0 aliphatic heterocycles. The quantitative estimate of drug-likeness (QED) is 0.662. The van der Waals surface area contributed by atoms with E-state index in [1.807, 2.05) is 0 Å². The number of Topliss-reactive ketones (excluding diaryl/α,β-unsaturated/α-hetero) is 1. The predicted molar refractivity (Wildman–Crippen MR) is 74.6 cm³/mol. The molecule has 0 spiro atoms. The highest BCUT2D eigenvalue weighted by atomic mass is 16.5. The first-order valence-corrected chi connectivity index (χ1v) is 6.25. The van der Waals surface area contributed by atoms with Crippen LogP contribution in [0.5, 0.6) is 5.75 Å². The number of rotatable bonds is 4. The largest absolute Gasteiger partial charge is 0.497 e. The highest BCUT2D eigenvalue weighted by molar-refractivity contribution is 5.95. The molecule has 0 saturated heterocycles. The molecule has 0 N–H and O–H groups in total. The van der Waals surface area contributed by atoms with Gasteiger partial charge in [-0.3, -0.25) is 9.78 Å². The molecule has 21 heavy (non-hydrogen) atoms. The summed E-state index contributed by atoms with van der Waals surface area (Å²) in [6.07, 6.45) is 4.47. The molecular formula is C14H12N4O3. The van der Waals surface area contributed by atoms with Crippen LogP contribution in [0.3, 0.4) is 0 Å². The Hall–Kier alpha value is -2.96. The van der Waals surface area contributed by atoms with E-state index in [2.05, 4.69) is 10.1 Å². The zero-order valence-corrected chi connectivity index (χ0v) is 11.3. The zero-order chi connectivity index (χ0) is 14.8. The van der Waals surface area contributed by atoms with Gasteiger partial charge < -0.3 is 4.74 Å². The molecule has 0 unspecified atom stereocenters. The van der Waals surface area contributed by atoms with Gasteiger partial charge in [0, 0.05) is 18.0 Å². The van der Waals surface area contributed by atoms with Crippen LogP contribution in [-0.4, -0.2) is 32.1 Å². The Kier molecular flexibility index (Phi) is 3.23. The van der Waals surface area contributed by atoms with Crippen molar-refractivity contribution in [3.63, 3.8) is 0 Å². The third-order valence-electron chi connectivity index (χ3n) is 3.09. The van der Waals surface area contributed by atoms with Crippen LogP contribution in [0.4, 0.5) is 0 Å². The molecule has 3 rings (SSSR count). The van der Waals surface area contributed by atoms with Crippen molar-refractivity contribution in [2.24, 2.45) is 0 Å². The van der Waals surface area contributed by atoms with Gasteiger partial charge in [-0.25, -0.2) is 13.9 Å². The minimum absolute atomic E-state index is 0.118. The van der Waals surface area contributed by atoms with Crippen LogP contribution in [0, 0.1) is 0 Å². The van der Waals surface area contributed by atoms with Crippen LogP contribution >= 0.6 is 0 Å². The van der Waals surface area contributed by atoms with Crippen molar-refractivity contribution in [3.05, 3.63) is 58.9 Å². The maximum Gasteiger partial charge on any atom is 0.350 e. The summed E-state index contributed by atoms with van der Waals surface area (Å²) in [7, 11) is 1.56. The molecule has 0 bridgehead atoms. The van der Waals surface area contributed by atoms with E-state index in [0.29, 0.717) is 17.0 Å². The lowest BCUT2D eigenvalue weighted by molar-refractivity contribution is 0.0966. The van der Waals surface area contributed by atoms with Gasteiger partial charge in [-0.05, 0) is 24.3 Å². The van der Waals surface area contributed by atoms with Crippen LogP contribution in [0.25, 0.3) is 5.65 Å². The van der Waals surface area contributed by atoms with Gasteiger partial charge in [-0.15, -0.1) is 5.10 Å². The molecule has 0 radical (unpaired) electrons. The number of hydrogen-bond acceptors (Lipinski definition) is 5. The molecule has 2 heterocycles. The van der Waals surface area contributed by atoms with Crippen molar-refractivity contribution in [2.45, 2.75) is 6.54 Å². The molecule has 0 saturated carbocycles. The van der Waals surface area contributed by atoms with Gasteiger partial charge in [-0.2, -0.15) is 0 Å². The lowest BCUT2D eigenvalue weighted by atomic mass is 10.1. The fraction of sp³-hybridized carbons (Fsp3) is 0.143. The zero-order valence-electron chi connectivity index (χ0n) is 11.3. The molecule has 7 nitrogen and oxygen atoms in total. The number of benzene rings is 1. The topological polar surface area (TPSA) is 78.5 Å². The van der Waals surface area contributed by atoms with E-state index < -0.39 is 0 Å². The molecule has 0 amide bonds. The highest BCUT2D eigenvalue weighted by Gasteiger charge is 2.12. The summed E-state index contributed by atoms with van der Waals surface area (Å²) in [6, 6.07) is 6.71. The van der Waals surface area contributed by atoms with Crippen molar-refractivity contribution < 1.29 is 9.53 Å². The average Bonchev–Trinajstić information content (AvgIpc) is 2.84. The van der Waals surface area contributed by atoms with Crippen LogP contribution in [0.2, 0.25) is 0 Å². The van der Waals surface area contributed by atoms with Gasteiger partial charge in [0.15, 0.2) is 11.4 Å². The number of hydrogen-bond donors (Lipinski definition) is 0. The molecule has 0 fully saturated rings. The van der Waals surface area contributed by atoms with E-state index >= 15 is 0 Å². The van der Waals surface area contributed by atoms with Crippen LogP contribution in [0.15, 0.2) is 47.7 Å². The highest BCUT2D eigenvalue weighted by Crippen LogP contribution is 2.12. The molecular weight excluding hydrogens is 272 g/mol. The van der Waals surface area contributed by atoms with E-state index in [4.69, 9.17) is 4.74 Å². The summed E-state index contributed by atoms with van der Waals surface area (Å²) >= 11 is 0. The summed E-state index contributed by atoms with van der Waals surface area (Å²) in [6.45, 7) is -0.118. The monoisotopic (exact) mass is 284 g/mol. The maximum atomic E-state index is 12.2. The van der Waals surface area contributed by atoms with E-state index in [9.17, 15) is 9.59 Å². The minimum Gasteiger partial charge on any atom is -0.497 e. The summed E-state index contributed by atoms with van der Waals surface area (Å²) < 4.78 is 7.51. The Labute approximate surface area is 119 Å². The fourth-order valence-corrected chi connectivity index (χ4v) is 1.99. The third-order valence-corrected chi connectivity index (χ3v) is 3.09. The minimum atomic E-state index is -0.366. The number of carbonyl (C=O) groups is 1. The Balaban J connectivity index is 1.88. The molecule has 106 valence electrons. The first-order valence-electron chi connectivity index (χ1n) is 6.25. The lowest BCUT2D eigenvalue weighted by Gasteiger charge is -2.02. The van der Waals surface area contributed by atoms with Gasteiger partial charge in [0.2, 0.25) is 0 Å². The van der Waals surface area contributed by atoms with Crippen molar-refractivity contribution in [3.8, 4) is 5.75 Å². The van der Waals surface area contributed by atoms with Gasteiger partial charge in [0.25, 0.3) is 0 Å². The number of fused-ring (bicyclic) bond motifs is 1. The van der Waals surface area contributed by atoms with Crippen LogP contribution in [0.1, 0.15) is 10.4 Å². The van der Waals surface area contributed by atoms with Crippen molar-refractivity contribution >= 4 is 11.4 Å². The van der Waals surface area contributed by atoms with E-state index in [1.165, 1.54) is 23.0 Å².